The summed E-state index contributed by atoms with van der Waals surface area (Å²) in [4.78, 5) is 16.0. The van der Waals surface area contributed by atoms with Gasteiger partial charge in [-0.2, -0.15) is 10.5 Å². The van der Waals surface area contributed by atoms with E-state index in [9.17, 15) is 10.5 Å². The van der Waals surface area contributed by atoms with E-state index in [1.807, 2.05) is 109 Å². The Morgan fingerprint density at radius 2 is 0.692 bits per heavy atom. The maximum Gasteiger partial charge on any atom is 0.179 e. The molecule has 13 rings (SSSR count). The minimum Gasteiger partial charge on any atom is -0.309 e. The zero-order valence-corrected chi connectivity index (χ0v) is 43.2. The number of aromatic nitrogens is 4. The van der Waals surface area contributed by atoms with Crippen LogP contribution >= 0.6 is 0 Å². The van der Waals surface area contributed by atoms with Crippen molar-refractivity contribution in [3.05, 3.63) is 290 Å². The SMILES string of the molecule is N#Cc1ccccc1-c1ccc2c3ccc(-c4ccccc4C#N)cc3n(-c3ccc(-c4cccc([Si](c5ccccc5)(c5ccccc5)c5ccccc5)c4)c(-c4nc(-c5ccccc5)nc(-c5ccccc5)n4)c3)c2c1. The van der Waals surface area contributed by atoms with Crippen LogP contribution in [-0.2, 0) is 0 Å². The third-order valence-corrected chi connectivity index (χ3v) is 19.7. The maximum atomic E-state index is 10.3. The van der Waals surface area contributed by atoms with Crippen LogP contribution in [-0.4, -0.2) is 27.6 Å². The van der Waals surface area contributed by atoms with E-state index in [4.69, 9.17) is 15.0 Å². The van der Waals surface area contributed by atoms with Crippen molar-refractivity contribution >= 4 is 50.6 Å². The van der Waals surface area contributed by atoms with Crippen molar-refractivity contribution in [3.63, 3.8) is 0 Å². The zero-order valence-electron chi connectivity index (χ0n) is 42.2. The molecule has 0 atom stereocenters. The average molecular weight is 1010 g/mol. The minimum absolute atomic E-state index is 0.524. The largest absolute Gasteiger partial charge is 0.309 e. The summed E-state index contributed by atoms with van der Waals surface area (Å²) >= 11 is 0. The van der Waals surface area contributed by atoms with Crippen molar-refractivity contribution in [3.8, 4) is 85.4 Å². The summed E-state index contributed by atoms with van der Waals surface area (Å²) in [5.74, 6) is 1.65. The molecule has 0 aliphatic rings. The van der Waals surface area contributed by atoms with Gasteiger partial charge in [0.1, 0.15) is 0 Å². The van der Waals surface area contributed by atoms with Crippen LogP contribution in [0.15, 0.2) is 279 Å². The van der Waals surface area contributed by atoms with Gasteiger partial charge < -0.3 is 4.57 Å². The Kier molecular flexibility index (Phi) is 12.3. The lowest BCUT2D eigenvalue weighted by molar-refractivity contribution is 1.07. The summed E-state index contributed by atoms with van der Waals surface area (Å²) in [5, 5.41) is 27.8. The first kappa shape index (κ1) is 47.2. The second-order valence-electron chi connectivity index (χ2n) is 19.3. The molecule has 0 saturated carbocycles. The molecular formula is C71H46N6Si. The van der Waals surface area contributed by atoms with Gasteiger partial charge in [-0.25, -0.2) is 15.0 Å². The summed E-state index contributed by atoms with van der Waals surface area (Å²) in [6.07, 6.45) is 0. The lowest BCUT2D eigenvalue weighted by Gasteiger charge is -2.34. The van der Waals surface area contributed by atoms with E-state index in [-0.39, 0.29) is 0 Å². The molecule has 0 fully saturated rings. The first-order valence-corrected chi connectivity index (χ1v) is 28.0. The summed E-state index contributed by atoms with van der Waals surface area (Å²) in [6.45, 7) is 0. The van der Waals surface area contributed by atoms with Crippen LogP contribution < -0.4 is 20.7 Å². The molecule has 0 unspecified atom stereocenters. The van der Waals surface area contributed by atoms with E-state index in [2.05, 4.69) is 187 Å². The Bertz CT molecular complexity index is 4180. The molecule has 2 heterocycles. The van der Waals surface area contributed by atoms with Crippen molar-refractivity contribution in [1.82, 2.24) is 19.5 Å². The average Bonchev–Trinajstić information content (AvgIpc) is 3.86. The monoisotopic (exact) mass is 1010 g/mol. The molecule has 0 amide bonds. The van der Waals surface area contributed by atoms with Gasteiger partial charge in [-0.1, -0.05) is 243 Å². The number of nitrogens with zero attached hydrogens (tertiary/aromatic N) is 6. The van der Waals surface area contributed by atoms with Crippen molar-refractivity contribution < 1.29 is 0 Å². The van der Waals surface area contributed by atoms with Crippen LogP contribution in [0.1, 0.15) is 11.1 Å². The number of fused-ring (bicyclic) bond motifs is 3. The Hall–Kier alpha value is -10.6. The van der Waals surface area contributed by atoms with Crippen LogP contribution in [0.5, 0.6) is 0 Å². The third-order valence-electron chi connectivity index (χ3n) is 14.9. The molecular weight excluding hydrogens is 965 g/mol. The third kappa shape index (κ3) is 8.34. The predicted molar refractivity (Wildman–Crippen MR) is 320 cm³/mol. The molecule has 2 aromatic heterocycles. The second kappa shape index (κ2) is 20.3. The smallest absolute Gasteiger partial charge is 0.179 e. The highest BCUT2D eigenvalue weighted by Crippen LogP contribution is 2.41. The van der Waals surface area contributed by atoms with Gasteiger partial charge in [-0.3, -0.25) is 0 Å². The topological polar surface area (TPSA) is 91.2 Å². The molecule has 0 radical (unpaired) electrons. The molecule has 0 aliphatic carbocycles. The predicted octanol–water partition coefficient (Wildman–Crippen LogP) is 14.1. The lowest BCUT2D eigenvalue weighted by Crippen LogP contribution is -2.74. The summed E-state index contributed by atoms with van der Waals surface area (Å²) in [6, 6.07) is 102. The van der Waals surface area contributed by atoms with Crippen LogP contribution in [0.4, 0.5) is 0 Å². The standard InChI is InChI=1S/C71H46N6Si/c72-47-54-25-16-18-35-61(54)52-37-40-64-65-41-38-53(62-36-19-17-26-55(62)48-73)45-68(65)77(67(64)44-52)56-39-42-63(66(46-56)71-75-69(49-21-6-1-7-22-49)74-70(76-71)50-23-8-2-9-24-50)51-27-20-34-60(43-51)78(57-28-10-3-11-29-57,58-30-12-4-13-31-58)59-32-14-5-15-33-59/h1-46H. The number of hydrogen-bond donors (Lipinski definition) is 0. The summed E-state index contributed by atoms with van der Waals surface area (Å²) in [7, 11) is -2.95. The van der Waals surface area contributed by atoms with Crippen molar-refractivity contribution in [2.45, 2.75) is 0 Å². The molecule has 0 N–H and O–H groups in total. The lowest BCUT2D eigenvalue weighted by atomic mass is 9.97. The first-order chi connectivity index (χ1) is 38.6. The number of nitriles is 2. The van der Waals surface area contributed by atoms with Crippen molar-refractivity contribution in [1.29, 1.82) is 10.5 Å². The van der Waals surface area contributed by atoms with E-state index in [1.54, 1.807) is 0 Å². The fourth-order valence-corrected chi connectivity index (χ4v) is 16.1. The Morgan fingerprint density at radius 1 is 0.295 bits per heavy atom. The minimum atomic E-state index is -2.95. The van der Waals surface area contributed by atoms with E-state index >= 15 is 0 Å². The molecule has 7 heteroatoms. The molecule has 0 aliphatic heterocycles. The van der Waals surface area contributed by atoms with Crippen LogP contribution in [0, 0.1) is 22.7 Å². The number of hydrogen-bond acceptors (Lipinski definition) is 5. The van der Waals surface area contributed by atoms with Gasteiger partial charge >= 0.3 is 0 Å². The van der Waals surface area contributed by atoms with Gasteiger partial charge in [0.05, 0.1) is 34.3 Å². The van der Waals surface area contributed by atoms with Crippen LogP contribution in [0.25, 0.3) is 95.0 Å². The molecule has 0 spiro atoms. The van der Waals surface area contributed by atoms with Crippen molar-refractivity contribution in [2.24, 2.45) is 0 Å². The van der Waals surface area contributed by atoms with Gasteiger partial charge in [-0.05, 0) is 90.5 Å². The van der Waals surface area contributed by atoms with Gasteiger partial charge in [0, 0.05) is 33.2 Å². The van der Waals surface area contributed by atoms with Gasteiger partial charge in [-0.15, -0.1) is 0 Å². The quantitative estimate of drug-likeness (QED) is 0.0951. The van der Waals surface area contributed by atoms with Gasteiger partial charge in [0.2, 0.25) is 0 Å². The number of rotatable bonds is 11. The highest BCUT2D eigenvalue weighted by atomic mass is 28.3. The first-order valence-electron chi connectivity index (χ1n) is 26.0. The van der Waals surface area contributed by atoms with Gasteiger partial charge in [0.25, 0.3) is 0 Å². The molecule has 11 aromatic carbocycles. The highest BCUT2D eigenvalue weighted by Gasteiger charge is 2.41. The van der Waals surface area contributed by atoms with E-state index in [0.717, 1.165) is 77.6 Å². The van der Waals surface area contributed by atoms with E-state index in [1.165, 1.54) is 20.7 Å². The summed E-state index contributed by atoms with van der Waals surface area (Å²) in [5.41, 5.74) is 12.1. The van der Waals surface area contributed by atoms with Crippen LogP contribution in [0.3, 0.4) is 0 Å². The molecule has 0 bridgehead atoms. The fraction of sp³-hybridized carbons (Fsp3) is 0. The zero-order chi connectivity index (χ0) is 52.4. The molecule has 13 aromatic rings. The van der Waals surface area contributed by atoms with E-state index in [0.29, 0.717) is 28.6 Å². The molecule has 364 valence electrons. The Balaban J connectivity index is 1.12. The Morgan fingerprint density at radius 3 is 1.17 bits per heavy atom. The van der Waals surface area contributed by atoms with Gasteiger partial charge in [0.15, 0.2) is 25.5 Å². The maximum absolute atomic E-state index is 10.3. The number of benzene rings is 11. The highest BCUT2D eigenvalue weighted by molar-refractivity contribution is 7.19. The van der Waals surface area contributed by atoms with Crippen LogP contribution in [0.2, 0.25) is 0 Å². The molecule has 6 nitrogen and oxygen atoms in total. The van der Waals surface area contributed by atoms with E-state index < -0.39 is 8.07 Å². The Labute approximate surface area is 453 Å². The summed E-state index contributed by atoms with van der Waals surface area (Å²) < 4.78 is 2.31. The van der Waals surface area contributed by atoms with Crippen molar-refractivity contribution in [2.75, 3.05) is 0 Å². The second-order valence-corrected chi connectivity index (χ2v) is 23.1. The normalized spacial score (nSPS) is 11.3. The molecule has 78 heavy (non-hydrogen) atoms. The fourth-order valence-electron chi connectivity index (χ4n) is 11.3. The molecule has 0 saturated heterocycles.